The summed E-state index contributed by atoms with van der Waals surface area (Å²) in [6.07, 6.45) is 0.135. The monoisotopic (exact) mass is 639 g/mol. The molecule has 3 fully saturated rings. The normalized spacial score (nSPS) is 21.7. The zero-order valence-electron chi connectivity index (χ0n) is 24.5. The third kappa shape index (κ3) is 6.09. The first-order chi connectivity index (χ1) is 21.2. The van der Waals surface area contributed by atoms with E-state index < -0.39 is 12.5 Å². The first-order valence-electron chi connectivity index (χ1n) is 15.1. The quantitative estimate of drug-likeness (QED) is 0.284. The van der Waals surface area contributed by atoms with E-state index in [2.05, 4.69) is 44.8 Å². The maximum atomic E-state index is 13.7. The van der Waals surface area contributed by atoms with Gasteiger partial charge in [0.2, 0.25) is 11.8 Å². The van der Waals surface area contributed by atoms with E-state index in [-0.39, 0.29) is 31.3 Å². The summed E-state index contributed by atoms with van der Waals surface area (Å²) in [5, 5.41) is 7.55. The number of alkyl halides is 2. The highest BCUT2D eigenvalue weighted by molar-refractivity contribution is 7.24. The Bertz CT molecular complexity index is 1680. The van der Waals surface area contributed by atoms with Gasteiger partial charge in [0.25, 0.3) is 5.92 Å². The highest BCUT2D eigenvalue weighted by Crippen LogP contribution is 2.37. The van der Waals surface area contributed by atoms with E-state index in [0.717, 1.165) is 58.7 Å². The van der Waals surface area contributed by atoms with Crippen molar-refractivity contribution in [3.8, 4) is 0 Å². The van der Waals surface area contributed by atoms with Gasteiger partial charge in [-0.05, 0) is 36.8 Å². The average molecular weight is 640 g/mol. The SMILES string of the molecule is Cc1c2nc(NCC(=O)N3CC4CN(Cc5ccccc5)CC4C3)sc2cc2sc(NCC(=O)N3CCCC(F)(F)C3)nc12. The van der Waals surface area contributed by atoms with Crippen LogP contribution in [0.2, 0.25) is 0 Å². The maximum Gasteiger partial charge on any atom is 0.265 e. The first-order valence-corrected chi connectivity index (χ1v) is 16.7. The van der Waals surface area contributed by atoms with E-state index in [0.29, 0.717) is 35.1 Å². The molecule has 0 radical (unpaired) electrons. The highest BCUT2D eigenvalue weighted by atomic mass is 32.1. The van der Waals surface area contributed by atoms with Crippen molar-refractivity contribution in [1.82, 2.24) is 24.7 Å². The highest BCUT2D eigenvalue weighted by Gasteiger charge is 2.41. The molecule has 13 heteroatoms. The molecule has 2 amide bonds. The van der Waals surface area contributed by atoms with E-state index in [1.54, 1.807) is 0 Å². The minimum Gasteiger partial charge on any atom is -0.352 e. The van der Waals surface area contributed by atoms with Gasteiger partial charge >= 0.3 is 0 Å². The van der Waals surface area contributed by atoms with Crippen molar-refractivity contribution in [2.45, 2.75) is 32.2 Å². The topological polar surface area (TPSA) is 93.7 Å². The molecule has 44 heavy (non-hydrogen) atoms. The summed E-state index contributed by atoms with van der Waals surface area (Å²) >= 11 is 2.92. The molecule has 2 unspecified atom stereocenters. The van der Waals surface area contributed by atoms with Crippen LogP contribution in [0.25, 0.3) is 20.4 Å². The number of fused-ring (bicyclic) bond motifs is 3. The zero-order chi connectivity index (χ0) is 30.4. The van der Waals surface area contributed by atoms with Crippen LogP contribution in [0.15, 0.2) is 36.4 Å². The molecule has 0 bridgehead atoms. The molecule has 3 saturated heterocycles. The molecule has 2 aromatic carbocycles. The summed E-state index contributed by atoms with van der Waals surface area (Å²) in [5.41, 5.74) is 3.88. The lowest BCUT2D eigenvalue weighted by atomic mass is 10.0. The number of benzene rings is 2. The number of likely N-dealkylation sites (tertiary alicyclic amines) is 3. The fourth-order valence-corrected chi connectivity index (χ4v) is 8.75. The maximum absolute atomic E-state index is 13.7. The number of anilines is 2. The van der Waals surface area contributed by atoms with Crippen LogP contribution in [0, 0.1) is 18.8 Å². The molecule has 2 atom stereocenters. The molecule has 2 N–H and O–H groups in total. The number of hydrogen-bond acceptors (Lipinski definition) is 9. The Labute approximate surface area is 262 Å². The number of nitrogens with one attached hydrogen (secondary N) is 2. The van der Waals surface area contributed by atoms with Gasteiger partial charge in [-0.3, -0.25) is 14.5 Å². The van der Waals surface area contributed by atoms with Crippen LogP contribution in [-0.2, 0) is 16.1 Å². The van der Waals surface area contributed by atoms with E-state index in [1.165, 1.54) is 33.1 Å². The van der Waals surface area contributed by atoms with Crippen LogP contribution in [-0.4, -0.2) is 94.8 Å². The number of piperidine rings is 1. The fourth-order valence-electron chi connectivity index (χ4n) is 6.75. The predicted molar refractivity (Wildman–Crippen MR) is 171 cm³/mol. The van der Waals surface area contributed by atoms with Crippen molar-refractivity contribution in [2.24, 2.45) is 11.8 Å². The first kappa shape index (κ1) is 29.3. The number of hydrogen-bond donors (Lipinski definition) is 2. The van der Waals surface area contributed by atoms with Gasteiger partial charge in [0.15, 0.2) is 10.3 Å². The summed E-state index contributed by atoms with van der Waals surface area (Å²) < 4.78 is 29.4. The lowest BCUT2D eigenvalue weighted by molar-refractivity contribution is -0.139. The second kappa shape index (κ2) is 11.8. The number of rotatable bonds is 8. The number of halogens is 2. The largest absolute Gasteiger partial charge is 0.352 e. The molecule has 4 aromatic rings. The smallest absolute Gasteiger partial charge is 0.265 e. The summed E-state index contributed by atoms with van der Waals surface area (Å²) in [5.74, 6) is -2.01. The number of carbonyl (C=O) groups is 2. The van der Waals surface area contributed by atoms with Crippen molar-refractivity contribution < 1.29 is 18.4 Å². The molecular formula is C31H35F2N7O2S2. The number of nitrogens with zero attached hydrogens (tertiary/aromatic N) is 5. The number of amides is 2. The predicted octanol–water partition coefficient (Wildman–Crippen LogP) is 4.89. The van der Waals surface area contributed by atoms with E-state index in [9.17, 15) is 18.4 Å². The number of carbonyl (C=O) groups excluding carboxylic acids is 2. The van der Waals surface area contributed by atoms with Crippen molar-refractivity contribution in [1.29, 1.82) is 0 Å². The summed E-state index contributed by atoms with van der Waals surface area (Å²) in [6.45, 7) is 6.58. The van der Waals surface area contributed by atoms with Crippen LogP contribution in [0.1, 0.15) is 24.0 Å². The second-order valence-corrected chi connectivity index (χ2v) is 14.3. The fraction of sp³-hybridized carbons (Fsp3) is 0.484. The Hall–Kier alpha value is -3.42. The van der Waals surface area contributed by atoms with Crippen LogP contribution in [0.4, 0.5) is 19.0 Å². The Balaban J connectivity index is 0.929. The molecule has 3 aliphatic rings. The lowest BCUT2D eigenvalue weighted by Gasteiger charge is -2.32. The van der Waals surface area contributed by atoms with Crippen molar-refractivity contribution in [2.75, 3.05) is 63.0 Å². The molecule has 0 spiro atoms. The Kier molecular flexibility index (Phi) is 7.87. The molecule has 7 rings (SSSR count). The van der Waals surface area contributed by atoms with Gasteiger partial charge in [0.05, 0.1) is 40.1 Å². The minimum absolute atomic E-state index is 0.0753. The number of aromatic nitrogens is 2. The number of thiazole rings is 2. The number of aryl methyl sites for hydroxylation is 1. The summed E-state index contributed by atoms with van der Waals surface area (Å²) in [4.78, 5) is 40.8. The molecule has 2 aromatic heterocycles. The van der Waals surface area contributed by atoms with E-state index in [4.69, 9.17) is 4.98 Å². The second-order valence-electron chi connectivity index (χ2n) is 12.2. The van der Waals surface area contributed by atoms with Gasteiger partial charge in [-0.25, -0.2) is 18.7 Å². The molecule has 9 nitrogen and oxygen atoms in total. The van der Waals surface area contributed by atoms with Crippen molar-refractivity contribution in [3.05, 3.63) is 47.5 Å². The third-order valence-corrected chi connectivity index (χ3v) is 10.9. The van der Waals surface area contributed by atoms with Gasteiger partial charge in [0, 0.05) is 51.3 Å². The van der Waals surface area contributed by atoms with Crippen molar-refractivity contribution in [3.63, 3.8) is 0 Å². The lowest BCUT2D eigenvalue weighted by Crippen LogP contribution is -2.47. The van der Waals surface area contributed by atoms with Gasteiger partial charge in [0.1, 0.15) is 0 Å². The van der Waals surface area contributed by atoms with Crippen LogP contribution in [0.5, 0.6) is 0 Å². The average Bonchev–Trinajstić information content (AvgIpc) is 3.77. The van der Waals surface area contributed by atoms with Gasteiger partial charge in [-0.15, -0.1) is 0 Å². The van der Waals surface area contributed by atoms with Gasteiger partial charge in [-0.1, -0.05) is 53.0 Å². The molecular weight excluding hydrogens is 605 g/mol. The molecule has 0 aliphatic carbocycles. The zero-order valence-corrected chi connectivity index (χ0v) is 26.2. The third-order valence-electron chi connectivity index (χ3n) is 8.97. The van der Waals surface area contributed by atoms with Gasteiger partial charge in [-0.2, -0.15) is 0 Å². The molecule has 0 saturated carbocycles. The van der Waals surface area contributed by atoms with Gasteiger partial charge < -0.3 is 20.4 Å². The van der Waals surface area contributed by atoms with E-state index in [1.807, 2.05) is 24.0 Å². The van der Waals surface area contributed by atoms with E-state index >= 15 is 0 Å². The Morgan fingerprint density at radius 2 is 1.50 bits per heavy atom. The minimum atomic E-state index is -2.82. The Morgan fingerprint density at radius 1 is 0.909 bits per heavy atom. The van der Waals surface area contributed by atoms with Crippen LogP contribution >= 0.6 is 22.7 Å². The standard InChI is InChI=1S/C31H35F2N7O2S2/c1-19-27-23(43-29(36-27)34-11-25(41)39-9-5-8-31(32,33)18-39)10-24-28(19)37-30(44-24)35-12-26(42)40-16-21-14-38(15-22(21)17-40)13-20-6-3-2-4-7-20/h2-4,6-7,10,21-22H,5,8-9,11-18H2,1H3,(H,34,36)(H,35,37). The summed E-state index contributed by atoms with van der Waals surface area (Å²) in [7, 11) is 0. The molecule has 3 aliphatic heterocycles. The Morgan fingerprint density at radius 3 is 2.09 bits per heavy atom. The van der Waals surface area contributed by atoms with Crippen LogP contribution < -0.4 is 10.6 Å². The summed E-state index contributed by atoms with van der Waals surface area (Å²) in [6, 6.07) is 12.6. The van der Waals surface area contributed by atoms with Crippen LogP contribution in [0.3, 0.4) is 0 Å². The van der Waals surface area contributed by atoms with Crippen molar-refractivity contribution >= 4 is 65.2 Å². The molecule has 5 heterocycles. The molecule has 232 valence electrons.